The van der Waals surface area contributed by atoms with Gasteiger partial charge in [0.2, 0.25) is 0 Å². The van der Waals surface area contributed by atoms with Crippen molar-refractivity contribution in [1.29, 1.82) is 0 Å². The third-order valence-corrected chi connectivity index (χ3v) is 4.34. The van der Waals surface area contributed by atoms with Gasteiger partial charge < -0.3 is 20.1 Å². The molecule has 142 valence electrons. The first kappa shape index (κ1) is 21.1. The Bertz CT molecular complexity index is 513. The van der Waals surface area contributed by atoms with E-state index in [2.05, 4.69) is 6.92 Å². The number of unbranched alkanes of at least 4 members (excludes halogenated alkanes) is 10. The molecular weight excluding hydrogens is 320 g/mol. The number of ether oxygens (including phenoxy) is 1. The fraction of sp³-hybridized carbons (Fsp3) is 0.650. The average Bonchev–Trinajstić information content (AvgIpc) is 2.58. The maximum absolute atomic E-state index is 11.2. The molecule has 0 aliphatic rings. The highest BCUT2D eigenvalue weighted by molar-refractivity contribution is 5.95. The van der Waals surface area contributed by atoms with E-state index in [4.69, 9.17) is 9.84 Å². The van der Waals surface area contributed by atoms with Gasteiger partial charge in [-0.25, -0.2) is 4.79 Å². The standard InChI is InChI=1S/C20H32O5/c1-2-3-4-5-6-7-8-9-10-11-12-15-25-17-14-13-16(21)19(22)18(17)20(23)24/h13-14,21-22H,2-12,15H2,1H3,(H,23,24). The van der Waals surface area contributed by atoms with Crippen molar-refractivity contribution in [3.8, 4) is 17.2 Å². The van der Waals surface area contributed by atoms with Crippen molar-refractivity contribution >= 4 is 5.97 Å². The molecule has 0 bridgehead atoms. The Morgan fingerprint density at radius 3 is 1.92 bits per heavy atom. The smallest absolute Gasteiger partial charge is 0.343 e. The van der Waals surface area contributed by atoms with Gasteiger partial charge in [0.05, 0.1) is 6.61 Å². The SMILES string of the molecule is CCCCCCCCCCCCCOc1ccc(O)c(O)c1C(=O)O. The van der Waals surface area contributed by atoms with Crippen LogP contribution < -0.4 is 4.74 Å². The number of phenolic OH excluding ortho intramolecular Hbond substituents is 1. The molecule has 5 heteroatoms. The molecule has 0 radical (unpaired) electrons. The lowest BCUT2D eigenvalue weighted by atomic mass is 10.1. The third kappa shape index (κ3) is 8.14. The number of aromatic hydroxyl groups is 2. The molecule has 0 unspecified atom stereocenters. The number of carboxylic acid groups (broad SMARTS) is 1. The van der Waals surface area contributed by atoms with E-state index in [1.807, 2.05) is 0 Å². The Labute approximate surface area is 150 Å². The first-order chi connectivity index (χ1) is 12.1. The van der Waals surface area contributed by atoms with E-state index in [1.54, 1.807) is 0 Å². The number of carboxylic acids is 1. The number of aromatic carboxylic acids is 1. The second-order valence-electron chi connectivity index (χ2n) is 6.50. The topological polar surface area (TPSA) is 87.0 Å². The summed E-state index contributed by atoms with van der Waals surface area (Å²) >= 11 is 0. The second-order valence-corrected chi connectivity index (χ2v) is 6.50. The van der Waals surface area contributed by atoms with E-state index in [0.717, 1.165) is 19.3 Å². The predicted molar refractivity (Wildman–Crippen MR) is 98.7 cm³/mol. The highest BCUT2D eigenvalue weighted by Gasteiger charge is 2.19. The van der Waals surface area contributed by atoms with Crippen molar-refractivity contribution in [1.82, 2.24) is 0 Å². The zero-order chi connectivity index (χ0) is 18.5. The molecule has 3 N–H and O–H groups in total. The van der Waals surface area contributed by atoms with Crippen molar-refractivity contribution < 1.29 is 24.9 Å². The lowest BCUT2D eigenvalue weighted by Crippen LogP contribution is -2.05. The van der Waals surface area contributed by atoms with Crippen LogP contribution >= 0.6 is 0 Å². The molecule has 0 heterocycles. The summed E-state index contributed by atoms with van der Waals surface area (Å²) in [5.41, 5.74) is -0.386. The van der Waals surface area contributed by atoms with E-state index >= 15 is 0 Å². The van der Waals surface area contributed by atoms with Crippen molar-refractivity contribution in [3.63, 3.8) is 0 Å². The summed E-state index contributed by atoms with van der Waals surface area (Å²) in [6.45, 7) is 2.64. The summed E-state index contributed by atoms with van der Waals surface area (Å²) in [7, 11) is 0. The molecule has 25 heavy (non-hydrogen) atoms. The monoisotopic (exact) mass is 352 g/mol. The molecule has 0 aromatic heterocycles. The number of carbonyl (C=O) groups is 1. The zero-order valence-corrected chi connectivity index (χ0v) is 15.3. The maximum Gasteiger partial charge on any atom is 0.343 e. The summed E-state index contributed by atoms with van der Waals surface area (Å²) in [4.78, 5) is 11.2. The molecule has 0 spiro atoms. The first-order valence-electron chi connectivity index (χ1n) is 9.49. The van der Waals surface area contributed by atoms with Crippen LogP contribution in [0.5, 0.6) is 17.2 Å². The van der Waals surface area contributed by atoms with Crippen LogP contribution in [-0.4, -0.2) is 27.9 Å². The van der Waals surface area contributed by atoms with Gasteiger partial charge in [-0.3, -0.25) is 0 Å². The van der Waals surface area contributed by atoms with Gasteiger partial charge in [-0.05, 0) is 18.6 Å². The first-order valence-corrected chi connectivity index (χ1v) is 9.49. The lowest BCUT2D eigenvalue weighted by Gasteiger charge is -2.11. The van der Waals surface area contributed by atoms with E-state index in [0.29, 0.717) is 6.61 Å². The van der Waals surface area contributed by atoms with Crippen molar-refractivity contribution in [2.75, 3.05) is 6.61 Å². The van der Waals surface area contributed by atoms with Crippen LogP contribution in [0.4, 0.5) is 0 Å². The number of phenols is 2. The summed E-state index contributed by atoms with van der Waals surface area (Å²) in [5.74, 6) is -2.33. The minimum Gasteiger partial charge on any atom is -0.504 e. The van der Waals surface area contributed by atoms with Gasteiger partial charge in [0.1, 0.15) is 11.3 Å². The Morgan fingerprint density at radius 1 is 0.880 bits per heavy atom. The Balaban J connectivity index is 2.13. The van der Waals surface area contributed by atoms with Crippen molar-refractivity contribution in [2.24, 2.45) is 0 Å². The highest BCUT2D eigenvalue weighted by Crippen LogP contribution is 2.35. The fourth-order valence-corrected chi connectivity index (χ4v) is 2.84. The lowest BCUT2D eigenvalue weighted by molar-refractivity contribution is 0.0688. The van der Waals surface area contributed by atoms with E-state index in [9.17, 15) is 15.0 Å². The zero-order valence-electron chi connectivity index (χ0n) is 15.3. The molecule has 0 saturated heterocycles. The molecule has 0 aliphatic heterocycles. The van der Waals surface area contributed by atoms with E-state index in [-0.39, 0.29) is 11.3 Å². The van der Waals surface area contributed by atoms with Gasteiger partial charge in [-0.15, -0.1) is 0 Å². The van der Waals surface area contributed by atoms with E-state index in [1.165, 1.54) is 63.5 Å². The number of hydrogen-bond donors (Lipinski definition) is 3. The molecule has 0 amide bonds. The third-order valence-electron chi connectivity index (χ3n) is 4.34. The number of benzene rings is 1. The molecule has 1 rings (SSSR count). The van der Waals surface area contributed by atoms with Gasteiger partial charge in [0.25, 0.3) is 0 Å². The van der Waals surface area contributed by atoms with Gasteiger partial charge in [0, 0.05) is 0 Å². The number of hydrogen-bond acceptors (Lipinski definition) is 4. The summed E-state index contributed by atoms with van der Waals surface area (Å²) in [5, 5.41) is 28.1. The molecule has 0 atom stereocenters. The summed E-state index contributed by atoms with van der Waals surface area (Å²) in [6, 6.07) is 2.61. The molecule has 0 aliphatic carbocycles. The van der Waals surface area contributed by atoms with Gasteiger partial charge in [-0.1, -0.05) is 71.1 Å². The number of rotatable bonds is 14. The van der Waals surface area contributed by atoms with Crippen molar-refractivity contribution in [3.05, 3.63) is 17.7 Å². The Morgan fingerprint density at radius 2 is 1.40 bits per heavy atom. The fourth-order valence-electron chi connectivity index (χ4n) is 2.84. The minimum atomic E-state index is -1.32. The normalized spacial score (nSPS) is 10.8. The molecule has 1 aromatic rings. The van der Waals surface area contributed by atoms with Crippen LogP contribution in [0, 0.1) is 0 Å². The van der Waals surface area contributed by atoms with Crippen LogP contribution in [0.1, 0.15) is 87.9 Å². The summed E-state index contributed by atoms with van der Waals surface area (Å²) < 4.78 is 5.46. The molecule has 0 saturated carbocycles. The Hall–Kier alpha value is -1.91. The predicted octanol–water partition coefficient (Wildman–Crippen LogP) is 5.49. The summed E-state index contributed by atoms with van der Waals surface area (Å²) in [6.07, 6.45) is 13.6. The van der Waals surface area contributed by atoms with Crippen LogP contribution in [0.15, 0.2) is 12.1 Å². The minimum absolute atomic E-state index is 0.0925. The van der Waals surface area contributed by atoms with Crippen LogP contribution in [0.2, 0.25) is 0 Å². The van der Waals surface area contributed by atoms with Gasteiger partial charge in [-0.2, -0.15) is 0 Å². The van der Waals surface area contributed by atoms with Gasteiger partial charge >= 0.3 is 5.97 Å². The molecule has 5 nitrogen and oxygen atoms in total. The average molecular weight is 352 g/mol. The molecule has 0 fully saturated rings. The van der Waals surface area contributed by atoms with Crippen LogP contribution in [0.25, 0.3) is 0 Å². The van der Waals surface area contributed by atoms with E-state index < -0.39 is 17.5 Å². The molecule has 1 aromatic carbocycles. The van der Waals surface area contributed by atoms with Crippen LogP contribution in [0.3, 0.4) is 0 Å². The van der Waals surface area contributed by atoms with Crippen molar-refractivity contribution in [2.45, 2.75) is 77.6 Å². The largest absolute Gasteiger partial charge is 0.504 e. The maximum atomic E-state index is 11.2. The second kappa shape index (κ2) is 12.5. The highest BCUT2D eigenvalue weighted by atomic mass is 16.5. The van der Waals surface area contributed by atoms with Crippen LogP contribution in [-0.2, 0) is 0 Å². The quantitative estimate of drug-likeness (QED) is 0.304. The Kier molecular flexibility index (Phi) is 10.5. The van der Waals surface area contributed by atoms with Gasteiger partial charge in [0.15, 0.2) is 11.5 Å². The molecular formula is C20H32O5.